The van der Waals surface area contributed by atoms with Crippen molar-refractivity contribution in [3.8, 4) is 0 Å². The molecule has 0 unspecified atom stereocenters. The Hall–Kier alpha value is -1.11. The molecule has 1 saturated heterocycles. The number of hydrogen-bond acceptors (Lipinski definition) is 4. The third-order valence-electron chi connectivity index (χ3n) is 2.80. The van der Waals surface area contributed by atoms with Gasteiger partial charge in [0.15, 0.2) is 0 Å². The van der Waals surface area contributed by atoms with E-state index in [1.165, 1.54) is 11.3 Å². The van der Waals surface area contributed by atoms with Crippen molar-refractivity contribution in [3.05, 3.63) is 21.3 Å². The van der Waals surface area contributed by atoms with Gasteiger partial charge in [0.25, 0.3) is 5.91 Å². The highest BCUT2D eigenvalue weighted by molar-refractivity contribution is 7.17. The summed E-state index contributed by atoms with van der Waals surface area (Å²) in [5, 5.41) is 8.69. The molecule has 5 nitrogen and oxygen atoms in total. The average molecular weight is 289 g/mol. The number of piperazine rings is 1. The number of nitrogens with zero attached hydrogens (tertiary/aromatic N) is 2. The minimum absolute atomic E-state index is 0.0260. The Kier molecular flexibility index (Phi) is 4.21. The van der Waals surface area contributed by atoms with Crippen LogP contribution in [-0.4, -0.2) is 59.5 Å². The number of thiophene rings is 1. The van der Waals surface area contributed by atoms with Gasteiger partial charge in [0.05, 0.1) is 15.8 Å². The topological polar surface area (TPSA) is 60.9 Å². The number of hydrogen-bond donors (Lipinski definition) is 1. The maximum atomic E-state index is 12.1. The largest absolute Gasteiger partial charge is 0.480 e. The molecule has 2 heterocycles. The van der Waals surface area contributed by atoms with Gasteiger partial charge in [-0.25, -0.2) is 0 Å². The third kappa shape index (κ3) is 3.22. The van der Waals surface area contributed by atoms with E-state index in [9.17, 15) is 9.59 Å². The van der Waals surface area contributed by atoms with Crippen LogP contribution in [0.4, 0.5) is 0 Å². The lowest BCUT2D eigenvalue weighted by Crippen LogP contribution is -2.49. The maximum absolute atomic E-state index is 12.1. The second kappa shape index (κ2) is 5.69. The fourth-order valence-corrected chi connectivity index (χ4v) is 2.90. The van der Waals surface area contributed by atoms with Gasteiger partial charge in [-0.1, -0.05) is 11.6 Å². The number of amides is 1. The standard InChI is InChI=1S/C11H13ClN2O3S/c12-9-2-1-8(18-9)11(17)14-5-3-13(4-6-14)7-10(15)16/h1-2H,3-7H2,(H,15,16). The summed E-state index contributed by atoms with van der Waals surface area (Å²) >= 11 is 7.07. The molecule has 1 aliphatic heterocycles. The zero-order valence-electron chi connectivity index (χ0n) is 9.63. The highest BCUT2D eigenvalue weighted by Crippen LogP contribution is 2.23. The molecule has 0 aliphatic carbocycles. The van der Waals surface area contributed by atoms with Crippen LogP contribution in [0.2, 0.25) is 4.34 Å². The molecule has 98 valence electrons. The number of carbonyl (C=O) groups excluding carboxylic acids is 1. The molecule has 0 saturated carbocycles. The highest BCUT2D eigenvalue weighted by atomic mass is 35.5. The molecule has 1 aromatic heterocycles. The minimum Gasteiger partial charge on any atom is -0.480 e. The Balaban J connectivity index is 1.90. The van der Waals surface area contributed by atoms with Crippen molar-refractivity contribution < 1.29 is 14.7 Å². The molecule has 0 aromatic carbocycles. The average Bonchev–Trinajstić information content (AvgIpc) is 2.75. The summed E-state index contributed by atoms with van der Waals surface area (Å²) in [6.45, 7) is 2.34. The summed E-state index contributed by atoms with van der Waals surface area (Å²) in [6.07, 6.45) is 0. The second-order valence-corrected chi connectivity index (χ2v) is 5.78. The monoisotopic (exact) mass is 288 g/mol. The SMILES string of the molecule is O=C(O)CN1CCN(C(=O)c2ccc(Cl)s2)CC1. The van der Waals surface area contributed by atoms with Gasteiger partial charge in [0.2, 0.25) is 0 Å². The van der Waals surface area contributed by atoms with Gasteiger partial charge in [-0.05, 0) is 12.1 Å². The summed E-state index contributed by atoms with van der Waals surface area (Å²) < 4.78 is 0.600. The smallest absolute Gasteiger partial charge is 0.317 e. The Morgan fingerprint density at radius 1 is 1.28 bits per heavy atom. The van der Waals surface area contributed by atoms with E-state index in [0.29, 0.717) is 35.4 Å². The second-order valence-electron chi connectivity index (χ2n) is 4.07. The molecule has 0 spiro atoms. The fourth-order valence-electron chi connectivity index (χ4n) is 1.89. The predicted molar refractivity (Wildman–Crippen MR) is 69.3 cm³/mol. The first-order chi connectivity index (χ1) is 8.56. The van der Waals surface area contributed by atoms with E-state index < -0.39 is 5.97 Å². The number of aliphatic carboxylic acids is 1. The molecule has 1 aromatic rings. The van der Waals surface area contributed by atoms with Gasteiger partial charge in [-0.2, -0.15) is 0 Å². The molecule has 2 rings (SSSR count). The van der Waals surface area contributed by atoms with Crippen molar-refractivity contribution in [2.24, 2.45) is 0 Å². The lowest BCUT2D eigenvalue weighted by atomic mass is 10.3. The summed E-state index contributed by atoms with van der Waals surface area (Å²) in [4.78, 5) is 26.9. The van der Waals surface area contributed by atoms with Crippen molar-refractivity contribution >= 4 is 34.8 Å². The molecule has 0 atom stereocenters. The first-order valence-corrected chi connectivity index (χ1v) is 6.74. The Morgan fingerprint density at radius 3 is 2.44 bits per heavy atom. The van der Waals surface area contributed by atoms with Crippen LogP contribution in [-0.2, 0) is 4.79 Å². The first-order valence-electron chi connectivity index (χ1n) is 5.55. The maximum Gasteiger partial charge on any atom is 0.317 e. The quantitative estimate of drug-likeness (QED) is 0.909. The van der Waals surface area contributed by atoms with Crippen LogP contribution >= 0.6 is 22.9 Å². The Morgan fingerprint density at radius 2 is 1.94 bits per heavy atom. The van der Waals surface area contributed by atoms with Crippen LogP contribution in [0.25, 0.3) is 0 Å². The van der Waals surface area contributed by atoms with Crippen molar-refractivity contribution in [1.29, 1.82) is 0 Å². The van der Waals surface area contributed by atoms with Gasteiger partial charge in [-0.3, -0.25) is 14.5 Å². The lowest BCUT2D eigenvalue weighted by Gasteiger charge is -2.33. The van der Waals surface area contributed by atoms with Gasteiger partial charge < -0.3 is 10.0 Å². The normalized spacial score (nSPS) is 16.8. The summed E-state index contributed by atoms with van der Waals surface area (Å²) in [5.41, 5.74) is 0. The first kappa shape index (κ1) is 13.3. The van der Waals surface area contributed by atoms with Gasteiger partial charge in [0, 0.05) is 26.2 Å². The molecule has 7 heteroatoms. The van der Waals surface area contributed by atoms with Crippen molar-refractivity contribution in [2.75, 3.05) is 32.7 Å². The third-order valence-corrected chi connectivity index (χ3v) is 4.02. The van der Waals surface area contributed by atoms with Gasteiger partial charge in [0.1, 0.15) is 0 Å². The molecule has 18 heavy (non-hydrogen) atoms. The van der Waals surface area contributed by atoms with Crippen LogP contribution in [0.3, 0.4) is 0 Å². The van der Waals surface area contributed by atoms with Crippen molar-refractivity contribution in [2.45, 2.75) is 0 Å². The van der Waals surface area contributed by atoms with E-state index in [1.807, 2.05) is 4.90 Å². The van der Waals surface area contributed by atoms with E-state index in [2.05, 4.69) is 0 Å². The van der Waals surface area contributed by atoms with Crippen LogP contribution in [0.5, 0.6) is 0 Å². The molecular weight excluding hydrogens is 276 g/mol. The summed E-state index contributed by atoms with van der Waals surface area (Å²) in [7, 11) is 0. The molecule has 1 N–H and O–H groups in total. The molecule has 1 amide bonds. The minimum atomic E-state index is -0.834. The summed E-state index contributed by atoms with van der Waals surface area (Å²) in [5.74, 6) is -0.860. The number of halogens is 1. The fraction of sp³-hybridized carbons (Fsp3) is 0.455. The van der Waals surface area contributed by atoms with E-state index in [1.54, 1.807) is 17.0 Å². The molecule has 1 aliphatic rings. The van der Waals surface area contributed by atoms with Gasteiger partial charge in [-0.15, -0.1) is 11.3 Å². The Bertz CT molecular complexity index is 455. The number of carboxylic acids is 1. The molecule has 0 bridgehead atoms. The van der Waals surface area contributed by atoms with Crippen molar-refractivity contribution in [1.82, 2.24) is 9.80 Å². The van der Waals surface area contributed by atoms with E-state index in [4.69, 9.17) is 16.7 Å². The zero-order chi connectivity index (χ0) is 13.1. The molecule has 0 radical (unpaired) electrons. The predicted octanol–water partition coefficient (Wildman–Crippen LogP) is 1.24. The highest BCUT2D eigenvalue weighted by Gasteiger charge is 2.23. The van der Waals surface area contributed by atoms with E-state index in [-0.39, 0.29) is 12.5 Å². The van der Waals surface area contributed by atoms with Crippen LogP contribution < -0.4 is 0 Å². The summed E-state index contributed by atoms with van der Waals surface area (Å²) in [6, 6.07) is 3.43. The van der Waals surface area contributed by atoms with Crippen LogP contribution in [0.1, 0.15) is 9.67 Å². The molecular formula is C11H13ClN2O3S. The number of rotatable bonds is 3. The van der Waals surface area contributed by atoms with Crippen LogP contribution in [0, 0.1) is 0 Å². The lowest BCUT2D eigenvalue weighted by molar-refractivity contribution is -0.138. The van der Waals surface area contributed by atoms with Gasteiger partial charge >= 0.3 is 5.97 Å². The number of carbonyl (C=O) groups is 2. The zero-order valence-corrected chi connectivity index (χ0v) is 11.2. The van der Waals surface area contributed by atoms with Crippen LogP contribution in [0.15, 0.2) is 12.1 Å². The molecule has 1 fully saturated rings. The van der Waals surface area contributed by atoms with E-state index in [0.717, 1.165) is 0 Å². The number of carboxylic acid groups (broad SMARTS) is 1. The Labute approximate surface area is 114 Å². The van der Waals surface area contributed by atoms with E-state index >= 15 is 0 Å². The van der Waals surface area contributed by atoms with Crippen molar-refractivity contribution in [3.63, 3.8) is 0 Å².